The molecule has 0 radical (unpaired) electrons. The summed E-state index contributed by atoms with van der Waals surface area (Å²) in [7, 11) is 0. The Kier molecular flexibility index (Phi) is 6.93. The average molecular weight is 516 g/mol. The van der Waals surface area contributed by atoms with E-state index >= 15 is 0 Å². The summed E-state index contributed by atoms with van der Waals surface area (Å²) in [4.78, 5) is 21.6. The number of amides is 1. The van der Waals surface area contributed by atoms with Crippen LogP contribution in [0, 0.1) is 17.5 Å². The summed E-state index contributed by atoms with van der Waals surface area (Å²) in [6, 6.07) is 0.394. The number of hydrogen-bond acceptors (Lipinski definition) is 5. The number of ether oxygens (including phenoxy) is 1. The molecule has 196 valence electrons. The van der Waals surface area contributed by atoms with E-state index in [1.807, 2.05) is 4.90 Å². The van der Waals surface area contributed by atoms with E-state index in [2.05, 4.69) is 15.3 Å². The van der Waals surface area contributed by atoms with Crippen LogP contribution in [0.3, 0.4) is 0 Å². The lowest BCUT2D eigenvalue weighted by molar-refractivity contribution is -0.145. The van der Waals surface area contributed by atoms with E-state index in [4.69, 9.17) is 4.74 Å². The van der Waals surface area contributed by atoms with Gasteiger partial charge in [-0.15, -0.1) is 0 Å². The van der Waals surface area contributed by atoms with Crippen molar-refractivity contribution in [3.8, 4) is 0 Å². The van der Waals surface area contributed by atoms with Crippen molar-refractivity contribution in [3.63, 3.8) is 0 Å². The molecule has 1 aliphatic carbocycles. The molecule has 2 aliphatic rings. The van der Waals surface area contributed by atoms with Crippen LogP contribution in [0.1, 0.15) is 68.6 Å². The highest BCUT2D eigenvalue weighted by Crippen LogP contribution is 2.39. The Bertz CT molecular complexity index is 1150. The molecule has 2 heterocycles. The maximum atomic E-state index is 14.6. The molecule has 0 bridgehead atoms. The Hall–Kier alpha value is -2.89. The van der Waals surface area contributed by atoms with Crippen LogP contribution in [0.2, 0.25) is 0 Å². The third kappa shape index (κ3) is 5.74. The summed E-state index contributed by atoms with van der Waals surface area (Å²) in [5, 5.41) is 2.74. The highest BCUT2D eigenvalue weighted by Gasteiger charge is 2.40. The zero-order valence-electron chi connectivity index (χ0n) is 19.9. The van der Waals surface area contributed by atoms with Gasteiger partial charge >= 0.3 is 12.3 Å². The van der Waals surface area contributed by atoms with E-state index in [0.29, 0.717) is 31.0 Å². The van der Waals surface area contributed by atoms with Gasteiger partial charge in [0, 0.05) is 48.9 Å². The fourth-order valence-corrected chi connectivity index (χ4v) is 4.87. The molecule has 3 atom stereocenters. The molecule has 1 amide bonds. The van der Waals surface area contributed by atoms with Crippen LogP contribution in [0.5, 0.6) is 0 Å². The van der Waals surface area contributed by atoms with E-state index in [1.165, 1.54) is 6.20 Å². The molecule has 1 N–H and O–H groups in total. The number of aromatic nitrogens is 2. The molecule has 0 spiro atoms. The van der Waals surface area contributed by atoms with Crippen molar-refractivity contribution in [2.45, 2.75) is 82.9 Å². The maximum absolute atomic E-state index is 14.6. The Labute approximate surface area is 204 Å². The summed E-state index contributed by atoms with van der Waals surface area (Å²) in [6.45, 7) is 5.53. The van der Waals surface area contributed by atoms with Gasteiger partial charge in [0.15, 0.2) is 11.6 Å². The molecule has 1 aromatic heterocycles. The van der Waals surface area contributed by atoms with Crippen LogP contribution in [-0.2, 0) is 24.0 Å². The van der Waals surface area contributed by atoms with E-state index in [1.54, 1.807) is 20.8 Å². The minimum absolute atomic E-state index is 0.0567. The molecule has 1 fully saturated rings. The number of carbonyl (C=O) groups is 1. The number of hydrogen-bond donors (Lipinski definition) is 1. The Morgan fingerprint density at radius 3 is 2.42 bits per heavy atom. The quantitative estimate of drug-likeness (QED) is 0.434. The minimum atomic E-state index is -4.66. The van der Waals surface area contributed by atoms with Crippen LogP contribution in [0.25, 0.3) is 0 Å². The normalized spacial score (nSPS) is 22.9. The van der Waals surface area contributed by atoms with Gasteiger partial charge in [0.25, 0.3) is 0 Å². The molecule has 0 saturated heterocycles. The molecule has 36 heavy (non-hydrogen) atoms. The zero-order valence-corrected chi connectivity index (χ0v) is 19.9. The highest BCUT2D eigenvalue weighted by molar-refractivity contribution is 5.68. The van der Waals surface area contributed by atoms with Crippen molar-refractivity contribution in [2.24, 2.45) is 0 Å². The van der Waals surface area contributed by atoms with Gasteiger partial charge in [-0.3, -0.25) is 4.90 Å². The monoisotopic (exact) mass is 516 g/mol. The van der Waals surface area contributed by atoms with Crippen LogP contribution < -0.4 is 5.32 Å². The van der Waals surface area contributed by atoms with E-state index in [-0.39, 0.29) is 30.3 Å². The number of nitrogens with zero attached hydrogens (tertiary/aromatic N) is 3. The number of alkyl halides is 3. The molecule has 1 aliphatic heterocycles. The van der Waals surface area contributed by atoms with Gasteiger partial charge in [-0.05, 0) is 51.7 Å². The van der Waals surface area contributed by atoms with Crippen molar-refractivity contribution in [1.29, 1.82) is 0 Å². The van der Waals surface area contributed by atoms with Crippen LogP contribution in [0.4, 0.5) is 31.1 Å². The summed E-state index contributed by atoms with van der Waals surface area (Å²) >= 11 is 0. The fraction of sp³-hybridized carbons (Fsp3) is 0.542. The average Bonchev–Trinajstić information content (AvgIpc) is 3.18. The van der Waals surface area contributed by atoms with Crippen molar-refractivity contribution in [1.82, 2.24) is 20.2 Å². The van der Waals surface area contributed by atoms with Gasteiger partial charge in [0.05, 0.1) is 5.69 Å². The lowest BCUT2D eigenvalue weighted by Gasteiger charge is -2.40. The maximum Gasteiger partial charge on any atom is 0.451 e. The van der Waals surface area contributed by atoms with Crippen molar-refractivity contribution >= 4 is 6.09 Å². The topological polar surface area (TPSA) is 67.3 Å². The second kappa shape index (κ2) is 9.53. The van der Waals surface area contributed by atoms with Gasteiger partial charge in [-0.1, -0.05) is 0 Å². The van der Waals surface area contributed by atoms with Crippen molar-refractivity contribution < 1.29 is 35.9 Å². The standard InChI is InChI=1S/C24H26F6N4O2/c1-23(2,3)36-22(35)33-19-6-13(4-5-14(19)15-7-17(26)18(27)8-16(15)25)34-10-12-9-31-21(24(28,29)30)32-20(12)11-34/h7-9,13-14,19H,4-6,10-11H2,1-3H3,(H,33,35)/t13-,14+,19-/m0/s1. The van der Waals surface area contributed by atoms with E-state index in [9.17, 15) is 31.1 Å². The molecule has 12 heteroatoms. The Morgan fingerprint density at radius 2 is 1.75 bits per heavy atom. The first-order valence-electron chi connectivity index (χ1n) is 11.5. The molecular weight excluding hydrogens is 490 g/mol. The predicted octanol–water partition coefficient (Wildman–Crippen LogP) is 5.46. The number of rotatable bonds is 3. The lowest BCUT2D eigenvalue weighted by atomic mass is 9.77. The first-order chi connectivity index (χ1) is 16.7. The number of halogens is 6. The number of alkyl carbamates (subject to hydrolysis) is 1. The minimum Gasteiger partial charge on any atom is -0.444 e. The second-order valence-corrected chi connectivity index (χ2v) is 10.2. The van der Waals surface area contributed by atoms with Crippen LogP contribution in [0.15, 0.2) is 18.3 Å². The SMILES string of the molecule is CC(C)(C)OC(=O)N[C@H]1C[C@@H](N2Cc3cnc(C(F)(F)F)nc3C2)CC[C@@H]1c1cc(F)c(F)cc1F. The van der Waals surface area contributed by atoms with E-state index < -0.39 is 53.1 Å². The number of benzene rings is 1. The van der Waals surface area contributed by atoms with Crippen LogP contribution >= 0.6 is 0 Å². The van der Waals surface area contributed by atoms with Gasteiger partial charge < -0.3 is 10.1 Å². The largest absolute Gasteiger partial charge is 0.451 e. The third-order valence-corrected chi connectivity index (χ3v) is 6.41. The molecule has 2 aromatic rings. The van der Waals surface area contributed by atoms with Crippen LogP contribution in [-0.4, -0.2) is 38.6 Å². The molecular formula is C24H26F6N4O2. The van der Waals surface area contributed by atoms with Gasteiger partial charge in [-0.2, -0.15) is 13.2 Å². The second-order valence-electron chi connectivity index (χ2n) is 10.2. The van der Waals surface area contributed by atoms with Gasteiger partial charge in [0.1, 0.15) is 11.4 Å². The molecule has 1 saturated carbocycles. The predicted molar refractivity (Wildman–Crippen MR) is 116 cm³/mol. The highest BCUT2D eigenvalue weighted by atomic mass is 19.4. The molecule has 6 nitrogen and oxygen atoms in total. The van der Waals surface area contributed by atoms with Gasteiger partial charge in [-0.25, -0.2) is 27.9 Å². The first-order valence-corrected chi connectivity index (χ1v) is 11.5. The molecule has 1 aromatic carbocycles. The summed E-state index contributed by atoms with van der Waals surface area (Å²) in [5.41, 5.74) is 0.00164. The molecule has 4 rings (SSSR count). The third-order valence-electron chi connectivity index (χ3n) is 6.41. The summed E-state index contributed by atoms with van der Waals surface area (Å²) in [6.07, 6.45) is -3.13. The zero-order chi connectivity index (χ0) is 26.4. The Morgan fingerprint density at radius 1 is 1.06 bits per heavy atom. The number of fused-ring (bicyclic) bond motifs is 1. The first kappa shape index (κ1) is 26.2. The van der Waals surface area contributed by atoms with E-state index in [0.717, 1.165) is 6.07 Å². The van der Waals surface area contributed by atoms with Crippen molar-refractivity contribution in [2.75, 3.05) is 0 Å². The Balaban J connectivity index is 1.56. The van der Waals surface area contributed by atoms with Gasteiger partial charge in [0.2, 0.25) is 5.82 Å². The smallest absolute Gasteiger partial charge is 0.444 e. The number of nitrogens with one attached hydrogen (secondary N) is 1. The summed E-state index contributed by atoms with van der Waals surface area (Å²) < 4.78 is 86.5. The summed E-state index contributed by atoms with van der Waals surface area (Å²) in [5.74, 6) is -5.29. The molecule has 0 unspecified atom stereocenters. The lowest BCUT2D eigenvalue weighted by Crippen LogP contribution is -2.49. The van der Waals surface area contributed by atoms with Crippen molar-refractivity contribution in [3.05, 3.63) is 58.4 Å². The number of carbonyl (C=O) groups excluding carboxylic acids is 1. The fourth-order valence-electron chi connectivity index (χ4n) is 4.87.